The van der Waals surface area contributed by atoms with Crippen molar-refractivity contribution in [2.75, 3.05) is 24.6 Å². The molecule has 2 rings (SSSR count). The average molecular weight is 196 g/mol. The van der Waals surface area contributed by atoms with Crippen molar-refractivity contribution in [3.63, 3.8) is 0 Å². The molecule has 1 saturated heterocycles. The highest BCUT2D eigenvalue weighted by atomic mass is 32.2. The molecule has 0 amide bonds. The lowest BCUT2D eigenvalue weighted by Gasteiger charge is -2.30. The highest BCUT2D eigenvalue weighted by Crippen LogP contribution is 2.18. The zero-order valence-electron chi connectivity index (χ0n) is 7.78. The maximum Gasteiger partial charge on any atom is 0.0324 e. The van der Waals surface area contributed by atoms with Crippen LogP contribution in [0.1, 0.15) is 6.42 Å². The van der Waals surface area contributed by atoms with E-state index in [4.69, 9.17) is 5.73 Å². The molecule has 1 atom stereocenters. The molecular formula is C10H16N2S. The van der Waals surface area contributed by atoms with Crippen molar-refractivity contribution in [1.29, 1.82) is 0 Å². The summed E-state index contributed by atoms with van der Waals surface area (Å²) in [6, 6.07) is 0.239. The fraction of sp³-hybridized carbons (Fsp3) is 0.600. The first-order valence-corrected chi connectivity index (χ1v) is 5.98. The lowest BCUT2D eigenvalue weighted by atomic mass is 10.1. The molecule has 1 heterocycles. The van der Waals surface area contributed by atoms with Gasteiger partial charge in [-0.2, -0.15) is 11.8 Å². The Bertz CT molecular complexity index is 229. The van der Waals surface area contributed by atoms with E-state index >= 15 is 0 Å². The number of hydrogen-bond acceptors (Lipinski definition) is 3. The van der Waals surface area contributed by atoms with Crippen molar-refractivity contribution in [2.24, 2.45) is 5.73 Å². The van der Waals surface area contributed by atoms with Gasteiger partial charge in [-0.15, -0.1) is 0 Å². The Labute approximate surface area is 83.9 Å². The minimum atomic E-state index is 0.239. The van der Waals surface area contributed by atoms with Crippen LogP contribution in [0, 0.1) is 0 Å². The van der Waals surface area contributed by atoms with Gasteiger partial charge in [-0.3, -0.25) is 0 Å². The molecule has 2 aliphatic rings. The molecule has 1 fully saturated rings. The Morgan fingerprint density at radius 3 is 2.77 bits per heavy atom. The summed E-state index contributed by atoms with van der Waals surface area (Å²) >= 11 is 2.05. The van der Waals surface area contributed by atoms with Crippen molar-refractivity contribution < 1.29 is 0 Å². The van der Waals surface area contributed by atoms with Crippen molar-refractivity contribution >= 4 is 11.8 Å². The molecule has 2 N–H and O–H groups in total. The fourth-order valence-corrected chi connectivity index (χ4v) is 2.58. The molecule has 0 spiro atoms. The van der Waals surface area contributed by atoms with Gasteiger partial charge in [-0.1, -0.05) is 12.2 Å². The Kier molecular flexibility index (Phi) is 2.96. The molecule has 13 heavy (non-hydrogen) atoms. The van der Waals surface area contributed by atoms with E-state index in [1.165, 1.54) is 30.3 Å². The maximum atomic E-state index is 5.77. The van der Waals surface area contributed by atoms with Crippen LogP contribution in [0.5, 0.6) is 0 Å². The third-order valence-corrected chi connectivity index (χ3v) is 3.43. The summed E-state index contributed by atoms with van der Waals surface area (Å²) < 4.78 is 0. The summed E-state index contributed by atoms with van der Waals surface area (Å²) in [5, 5.41) is 0. The second-order valence-electron chi connectivity index (χ2n) is 3.49. The number of rotatable bonds is 1. The molecular weight excluding hydrogens is 180 g/mol. The fourth-order valence-electron chi connectivity index (χ4n) is 1.68. The van der Waals surface area contributed by atoms with Gasteiger partial charge >= 0.3 is 0 Å². The molecule has 0 aromatic rings. The van der Waals surface area contributed by atoms with E-state index in [0.717, 1.165) is 6.42 Å². The van der Waals surface area contributed by atoms with Crippen molar-refractivity contribution in [1.82, 2.24) is 4.90 Å². The molecule has 2 nitrogen and oxygen atoms in total. The third kappa shape index (κ3) is 2.29. The van der Waals surface area contributed by atoms with Crippen LogP contribution in [0.25, 0.3) is 0 Å². The molecule has 1 unspecified atom stereocenters. The van der Waals surface area contributed by atoms with E-state index in [0.29, 0.717) is 0 Å². The topological polar surface area (TPSA) is 29.3 Å². The number of nitrogens with zero attached hydrogens (tertiary/aromatic N) is 1. The predicted molar refractivity (Wildman–Crippen MR) is 58.7 cm³/mol. The Balaban J connectivity index is 1.96. The van der Waals surface area contributed by atoms with Crippen LogP contribution in [0.2, 0.25) is 0 Å². The Hall–Kier alpha value is -0.410. The molecule has 72 valence electrons. The van der Waals surface area contributed by atoms with Crippen molar-refractivity contribution in [3.8, 4) is 0 Å². The SMILES string of the molecule is NC1C=CC(N2CCSCC2)=CC1. The second-order valence-corrected chi connectivity index (χ2v) is 4.71. The van der Waals surface area contributed by atoms with E-state index in [9.17, 15) is 0 Å². The summed E-state index contributed by atoms with van der Waals surface area (Å²) in [7, 11) is 0. The van der Waals surface area contributed by atoms with Gasteiger partial charge in [0.15, 0.2) is 0 Å². The molecule has 0 aromatic carbocycles. The molecule has 0 aromatic heterocycles. The van der Waals surface area contributed by atoms with Crippen LogP contribution in [0.4, 0.5) is 0 Å². The van der Waals surface area contributed by atoms with Gasteiger partial charge in [0.2, 0.25) is 0 Å². The van der Waals surface area contributed by atoms with Crippen LogP contribution in [0.15, 0.2) is 23.9 Å². The highest BCUT2D eigenvalue weighted by molar-refractivity contribution is 7.99. The van der Waals surface area contributed by atoms with Crippen LogP contribution >= 0.6 is 11.8 Å². The first kappa shape index (κ1) is 9.16. The van der Waals surface area contributed by atoms with Crippen LogP contribution in [-0.2, 0) is 0 Å². The van der Waals surface area contributed by atoms with Gasteiger partial charge in [0.05, 0.1) is 0 Å². The van der Waals surface area contributed by atoms with Gasteiger partial charge in [-0.05, 0) is 12.5 Å². The molecule has 0 bridgehead atoms. The Morgan fingerprint density at radius 1 is 1.38 bits per heavy atom. The quantitative estimate of drug-likeness (QED) is 0.683. The minimum Gasteiger partial charge on any atom is -0.370 e. The summed E-state index contributed by atoms with van der Waals surface area (Å²) in [4.78, 5) is 2.46. The van der Waals surface area contributed by atoms with Crippen LogP contribution in [-0.4, -0.2) is 35.5 Å². The number of hydrogen-bond donors (Lipinski definition) is 1. The summed E-state index contributed by atoms with van der Waals surface area (Å²) in [6.07, 6.45) is 7.54. The van der Waals surface area contributed by atoms with Crippen LogP contribution < -0.4 is 5.73 Å². The second kappa shape index (κ2) is 4.20. The van der Waals surface area contributed by atoms with E-state index in [1.54, 1.807) is 0 Å². The first-order valence-electron chi connectivity index (χ1n) is 4.83. The van der Waals surface area contributed by atoms with Crippen LogP contribution in [0.3, 0.4) is 0 Å². The van der Waals surface area contributed by atoms with E-state index in [-0.39, 0.29) is 6.04 Å². The molecule has 1 aliphatic heterocycles. The van der Waals surface area contributed by atoms with Gasteiger partial charge in [0.1, 0.15) is 0 Å². The summed E-state index contributed by atoms with van der Waals surface area (Å²) in [5.74, 6) is 2.52. The van der Waals surface area contributed by atoms with E-state index in [1.807, 2.05) is 11.8 Å². The molecule has 0 radical (unpaired) electrons. The zero-order chi connectivity index (χ0) is 9.10. The smallest absolute Gasteiger partial charge is 0.0324 e. The summed E-state index contributed by atoms with van der Waals surface area (Å²) in [6.45, 7) is 2.38. The first-order chi connectivity index (χ1) is 6.36. The molecule has 1 aliphatic carbocycles. The van der Waals surface area contributed by atoms with Gasteiger partial charge in [-0.25, -0.2) is 0 Å². The normalized spacial score (nSPS) is 28.8. The largest absolute Gasteiger partial charge is 0.370 e. The van der Waals surface area contributed by atoms with Crippen molar-refractivity contribution in [2.45, 2.75) is 12.5 Å². The summed E-state index contributed by atoms with van der Waals surface area (Å²) in [5.41, 5.74) is 7.15. The van der Waals surface area contributed by atoms with Gasteiger partial charge in [0.25, 0.3) is 0 Å². The molecule has 3 heteroatoms. The number of thioether (sulfide) groups is 1. The van der Waals surface area contributed by atoms with Gasteiger partial charge in [0, 0.05) is 36.3 Å². The van der Waals surface area contributed by atoms with E-state index in [2.05, 4.69) is 23.1 Å². The predicted octanol–water partition coefficient (Wildman–Crippen LogP) is 1.21. The Morgan fingerprint density at radius 2 is 2.15 bits per heavy atom. The molecule has 0 saturated carbocycles. The van der Waals surface area contributed by atoms with Crippen molar-refractivity contribution in [3.05, 3.63) is 23.9 Å². The zero-order valence-corrected chi connectivity index (χ0v) is 8.59. The lowest BCUT2D eigenvalue weighted by Crippen LogP contribution is -2.32. The number of allylic oxidation sites excluding steroid dienone is 1. The average Bonchev–Trinajstić information content (AvgIpc) is 2.20. The van der Waals surface area contributed by atoms with Gasteiger partial charge < -0.3 is 10.6 Å². The lowest BCUT2D eigenvalue weighted by molar-refractivity contribution is 0.388. The highest BCUT2D eigenvalue weighted by Gasteiger charge is 2.13. The van der Waals surface area contributed by atoms with E-state index < -0.39 is 0 Å². The minimum absolute atomic E-state index is 0.239. The standard InChI is InChI=1S/C10H16N2S/c11-9-1-3-10(4-2-9)12-5-7-13-8-6-12/h1,3-4,9H,2,5-8,11H2. The third-order valence-electron chi connectivity index (χ3n) is 2.49. The maximum absolute atomic E-state index is 5.77. The monoisotopic (exact) mass is 196 g/mol. The number of nitrogens with two attached hydrogens (primary N) is 1.